The first-order chi connectivity index (χ1) is 8.82. The highest BCUT2D eigenvalue weighted by atomic mass is 14.3. The van der Waals surface area contributed by atoms with E-state index in [2.05, 4.69) is 65.8 Å². The second kappa shape index (κ2) is 7.12. The molecule has 1 aromatic carbocycles. The van der Waals surface area contributed by atoms with E-state index in [0.717, 1.165) is 11.8 Å². The zero-order valence-electron chi connectivity index (χ0n) is 13.8. The van der Waals surface area contributed by atoms with Gasteiger partial charge in [0.15, 0.2) is 0 Å². The third-order valence-corrected chi connectivity index (χ3v) is 4.02. The van der Waals surface area contributed by atoms with E-state index >= 15 is 0 Å². The molecule has 0 aliphatic rings. The Morgan fingerprint density at radius 2 is 1.47 bits per heavy atom. The molecule has 0 aromatic heterocycles. The molecule has 0 nitrogen and oxygen atoms in total. The van der Waals surface area contributed by atoms with Gasteiger partial charge >= 0.3 is 0 Å². The van der Waals surface area contributed by atoms with Crippen molar-refractivity contribution in [1.82, 2.24) is 0 Å². The van der Waals surface area contributed by atoms with E-state index in [1.807, 2.05) is 0 Å². The molecule has 0 bridgehead atoms. The van der Waals surface area contributed by atoms with Gasteiger partial charge in [-0.2, -0.15) is 0 Å². The molecular formula is C19H32. The summed E-state index contributed by atoms with van der Waals surface area (Å²) in [5.41, 5.74) is 3.37. The van der Waals surface area contributed by atoms with Gasteiger partial charge < -0.3 is 0 Å². The second-order valence-electron chi connectivity index (χ2n) is 7.46. The number of hydrogen-bond acceptors (Lipinski definition) is 0. The molecular weight excluding hydrogens is 228 g/mol. The molecule has 0 amide bonds. The van der Waals surface area contributed by atoms with Crippen LogP contribution in [0.3, 0.4) is 0 Å². The van der Waals surface area contributed by atoms with Gasteiger partial charge in [-0.3, -0.25) is 0 Å². The zero-order chi connectivity index (χ0) is 14.5. The Labute approximate surface area is 120 Å². The molecule has 0 heterocycles. The van der Waals surface area contributed by atoms with Gasteiger partial charge in [-0.25, -0.2) is 0 Å². The molecule has 1 rings (SSSR count). The fourth-order valence-corrected chi connectivity index (χ4v) is 2.73. The average molecular weight is 260 g/mol. The smallest absolute Gasteiger partial charge is 0.0245 e. The highest BCUT2D eigenvalue weighted by molar-refractivity contribution is 5.23. The molecule has 0 aliphatic heterocycles. The molecule has 0 N–H and O–H groups in total. The van der Waals surface area contributed by atoms with Crippen molar-refractivity contribution < 1.29 is 0 Å². The van der Waals surface area contributed by atoms with Gasteiger partial charge in [0.1, 0.15) is 0 Å². The second-order valence-corrected chi connectivity index (χ2v) is 7.46. The monoisotopic (exact) mass is 260 g/mol. The summed E-state index contributed by atoms with van der Waals surface area (Å²) in [4.78, 5) is 0. The molecule has 0 spiro atoms. The van der Waals surface area contributed by atoms with Crippen LogP contribution < -0.4 is 0 Å². The molecule has 1 unspecified atom stereocenters. The first-order valence-electron chi connectivity index (χ1n) is 7.90. The minimum atomic E-state index is 0.395. The molecule has 108 valence electrons. The third-order valence-electron chi connectivity index (χ3n) is 4.02. The summed E-state index contributed by atoms with van der Waals surface area (Å²) in [6.45, 7) is 14.1. The van der Waals surface area contributed by atoms with Gasteiger partial charge in [-0.15, -0.1) is 0 Å². The Kier molecular flexibility index (Phi) is 6.10. The Morgan fingerprint density at radius 3 is 1.89 bits per heavy atom. The summed E-state index contributed by atoms with van der Waals surface area (Å²) in [5.74, 6) is 1.55. The van der Waals surface area contributed by atoms with Crippen LogP contribution in [0, 0.1) is 17.3 Å². The van der Waals surface area contributed by atoms with E-state index in [4.69, 9.17) is 0 Å². The van der Waals surface area contributed by atoms with Gasteiger partial charge in [0.25, 0.3) is 0 Å². The molecule has 0 heteroatoms. The van der Waals surface area contributed by atoms with Gasteiger partial charge in [0.2, 0.25) is 0 Å². The van der Waals surface area contributed by atoms with Crippen molar-refractivity contribution in [2.24, 2.45) is 17.3 Å². The lowest BCUT2D eigenvalue weighted by atomic mass is 9.73. The Bertz CT molecular complexity index is 351. The van der Waals surface area contributed by atoms with E-state index in [1.165, 1.54) is 36.8 Å². The van der Waals surface area contributed by atoms with Crippen molar-refractivity contribution in [3.05, 3.63) is 35.4 Å². The number of hydrogen-bond donors (Lipinski definition) is 0. The first-order valence-corrected chi connectivity index (χ1v) is 7.90. The quantitative estimate of drug-likeness (QED) is 0.598. The van der Waals surface area contributed by atoms with Crippen LogP contribution in [-0.2, 0) is 12.8 Å². The van der Waals surface area contributed by atoms with Crippen LogP contribution in [-0.4, -0.2) is 0 Å². The summed E-state index contributed by atoms with van der Waals surface area (Å²) in [7, 11) is 0. The lowest BCUT2D eigenvalue weighted by Gasteiger charge is -2.32. The minimum Gasteiger partial charge on any atom is -0.0651 e. The molecule has 1 aromatic rings. The maximum atomic E-state index is 2.38. The van der Waals surface area contributed by atoms with Crippen molar-refractivity contribution in [2.45, 2.75) is 67.2 Å². The maximum absolute atomic E-state index is 2.38. The van der Waals surface area contributed by atoms with Crippen molar-refractivity contribution in [1.29, 1.82) is 0 Å². The lowest BCUT2D eigenvalue weighted by molar-refractivity contribution is 0.203. The van der Waals surface area contributed by atoms with Gasteiger partial charge in [-0.05, 0) is 47.6 Å². The molecule has 0 saturated heterocycles. The predicted octanol–water partition coefficient (Wildman–Crippen LogP) is 5.89. The van der Waals surface area contributed by atoms with Crippen molar-refractivity contribution in [2.75, 3.05) is 0 Å². The summed E-state index contributed by atoms with van der Waals surface area (Å²) in [6.07, 6.45) is 4.97. The first kappa shape index (κ1) is 16.3. The fraction of sp³-hybridized carbons (Fsp3) is 0.684. The third kappa shape index (κ3) is 5.80. The SMILES string of the molecule is CCCc1ccc(CC(CC(C)C)C(C)(C)C)cc1. The summed E-state index contributed by atoms with van der Waals surface area (Å²) in [5, 5.41) is 0. The Hall–Kier alpha value is -0.780. The van der Waals surface area contributed by atoms with Crippen molar-refractivity contribution in [3.8, 4) is 0 Å². The number of benzene rings is 1. The van der Waals surface area contributed by atoms with E-state index in [0.29, 0.717) is 5.41 Å². The summed E-state index contributed by atoms with van der Waals surface area (Å²) in [6, 6.07) is 9.30. The molecule has 0 aliphatic carbocycles. The van der Waals surface area contributed by atoms with E-state index in [1.54, 1.807) is 0 Å². The normalized spacial score (nSPS) is 13.8. The minimum absolute atomic E-state index is 0.395. The Morgan fingerprint density at radius 1 is 0.947 bits per heavy atom. The molecule has 0 fully saturated rings. The van der Waals surface area contributed by atoms with Crippen LogP contribution in [0.2, 0.25) is 0 Å². The van der Waals surface area contributed by atoms with Crippen LogP contribution in [0.1, 0.15) is 65.5 Å². The van der Waals surface area contributed by atoms with Crippen molar-refractivity contribution in [3.63, 3.8) is 0 Å². The largest absolute Gasteiger partial charge is 0.0651 e. The molecule has 1 atom stereocenters. The molecule has 19 heavy (non-hydrogen) atoms. The van der Waals surface area contributed by atoms with Crippen LogP contribution >= 0.6 is 0 Å². The topological polar surface area (TPSA) is 0 Å². The van der Waals surface area contributed by atoms with Crippen LogP contribution in [0.4, 0.5) is 0 Å². The van der Waals surface area contributed by atoms with Gasteiger partial charge in [0, 0.05) is 0 Å². The summed E-state index contributed by atoms with van der Waals surface area (Å²) < 4.78 is 0. The highest BCUT2D eigenvalue weighted by Gasteiger charge is 2.25. The fourth-order valence-electron chi connectivity index (χ4n) is 2.73. The Balaban J connectivity index is 2.73. The van der Waals surface area contributed by atoms with Crippen molar-refractivity contribution >= 4 is 0 Å². The lowest BCUT2D eigenvalue weighted by Crippen LogP contribution is -2.24. The standard InChI is InChI=1S/C19H32/c1-7-8-16-9-11-17(12-10-16)14-18(13-15(2)3)19(4,5)6/h9-12,15,18H,7-8,13-14H2,1-6H3. The molecule has 0 radical (unpaired) electrons. The summed E-state index contributed by atoms with van der Waals surface area (Å²) >= 11 is 0. The van der Waals surface area contributed by atoms with E-state index in [-0.39, 0.29) is 0 Å². The van der Waals surface area contributed by atoms with E-state index < -0.39 is 0 Å². The molecule has 0 saturated carbocycles. The predicted molar refractivity (Wildman–Crippen MR) is 86.5 cm³/mol. The van der Waals surface area contributed by atoms with Crippen LogP contribution in [0.5, 0.6) is 0 Å². The maximum Gasteiger partial charge on any atom is -0.0245 e. The number of aryl methyl sites for hydroxylation is 1. The van der Waals surface area contributed by atoms with Gasteiger partial charge in [0.05, 0.1) is 0 Å². The van der Waals surface area contributed by atoms with Crippen LogP contribution in [0.15, 0.2) is 24.3 Å². The van der Waals surface area contributed by atoms with Gasteiger partial charge in [-0.1, -0.05) is 72.2 Å². The van der Waals surface area contributed by atoms with E-state index in [9.17, 15) is 0 Å². The number of rotatable bonds is 6. The average Bonchev–Trinajstić information content (AvgIpc) is 2.29. The van der Waals surface area contributed by atoms with Crippen LogP contribution in [0.25, 0.3) is 0 Å². The zero-order valence-corrected chi connectivity index (χ0v) is 13.8. The highest BCUT2D eigenvalue weighted by Crippen LogP contribution is 2.34.